The second kappa shape index (κ2) is 7.82. The van der Waals surface area contributed by atoms with E-state index in [2.05, 4.69) is 36.2 Å². The van der Waals surface area contributed by atoms with Gasteiger partial charge in [-0.2, -0.15) is 5.21 Å². The van der Waals surface area contributed by atoms with Crippen molar-refractivity contribution in [3.63, 3.8) is 0 Å². The van der Waals surface area contributed by atoms with Gasteiger partial charge >= 0.3 is 29.6 Å². The molecule has 0 aliphatic rings. The maximum atomic E-state index is 12.1. The van der Waals surface area contributed by atoms with Gasteiger partial charge in [-0.25, -0.2) is 4.98 Å². The van der Waals surface area contributed by atoms with Gasteiger partial charge in [0.2, 0.25) is 0 Å². The number of amides is 1. The van der Waals surface area contributed by atoms with Crippen molar-refractivity contribution in [2.75, 3.05) is 17.7 Å². The van der Waals surface area contributed by atoms with Crippen molar-refractivity contribution in [2.24, 2.45) is 0 Å². The van der Waals surface area contributed by atoms with Crippen molar-refractivity contribution in [1.82, 2.24) is 25.6 Å². The summed E-state index contributed by atoms with van der Waals surface area (Å²) in [5, 5.41) is 18.5. The predicted molar refractivity (Wildman–Crippen MR) is 81.4 cm³/mol. The van der Waals surface area contributed by atoms with Gasteiger partial charge in [0, 0.05) is 18.3 Å². The molecule has 2 aromatic heterocycles. The van der Waals surface area contributed by atoms with Crippen LogP contribution >= 0.6 is 0 Å². The van der Waals surface area contributed by atoms with E-state index in [0.717, 1.165) is 11.3 Å². The number of H-pyrrole nitrogens is 1. The minimum Gasteiger partial charge on any atom is -0.388 e. The molecule has 0 atom stereocenters. The summed E-state index contributed by atoms with van der Waals surface area (Å²) in [6.45, 7) is 0. The van der Waals surface area contributed by atoms with Crippen LogP contribution in [0, 0.1) is 0 Å². The fourth-order valence-corrected chi connectivity index (χ4v) is 1.91. The summed E-state index contributed by atoms with van der Waals surface area (Å²) >= 11 is 0. The van der Waals surface area contributed by atoms with Crippen molar-refractivity contribution in [2.45, 2.75) is 0 Å². The first kappa shape index (κ1) is 17.1. The molecule has 3 aromatic rings. The fraction of sp³-hybridized carbons (Fsp3) is 0.0714. The zero-order valence-corrected chi connectivity index (χ0v) is 14.7. The molecular formula is C14H13N7NaO+. The van der Waals surface area contributed by atoms with Crippen LogP contribution < -0.4 is 40.2 Å². The second-order valence-electron chi connectivity index (χ2n) is 4.42. The molecule has 0 aliphatic carbocycles. The molecule has 0 saturated heterocycles. The van der Waals surface area contributed by atoms with E-state index < -0.39 is 5.91 Å². The van der Waals surface area contributed by atoms with Crippen LogP contribution in [0.3, 0.4) is 0 Å². The SMILES string of the molecule is CNc1ccc(-c2cccc(C(=O)Nc3nn[nH]n3)n2)cc1.[Na+]. The van der Waals surface area contributed by atoms with Crippen molar-refractivity contribution in [3.8, 4) is 11.3 Å². The van der Waals surface area contributed by atoms with Crippen molar-refractivity contribution in [3.05, 3.63) is 48.2 Å². The largest absolute Gasteiger partial charge is 1.00 e. The van der Waals surface area contributed by atoms with Gasteiger partial charge in [0.15, 0.2) is 0 Å². The molecular weight excluding hydrogens is 305 g/mol. The third-order valence-corrected chi connectivity index (χ3v) is 3.02. The molecule has 0 radical (unpaired) electrons. The van der Waals surface area contributed by atoms with E-state index >= 15 is 0 Å². The molecule has 8 nitrogen and oxygen atoms in total. The number of rotatable bonds is 4. The molecule has 23 heavy (non-hydrogen) atoms. The first-order valence-corrected chi connectivity index (χ1v) is 6.56. The molecule has 0 bridgehead atoms. The van der Waals surface area contributed by atoms with E-state index in [0.29, 0.717) is 5.69 Å². The molecule has 9 heteroatoms. The minimum atomic E-state index is -0.393. The van der Waals surface area contributed by atoms with Gasteiger partial charge < -0.3 is 5.32 Å². The molecule has 3 N–H and O–H groups in total. The third-order valence-electron chi connectivity index (χ3n) is 3.02. The van der Waals surface area contributed by atoms with Gasteiger partial charge in [0.05, 0.1) is 5.69 Å². The van der Waals surface area contributed by atoms with Crippen LogP contribution in [-0.2, 0) is 0 Å². The molecule has 2 heterocycles. The fourth-order valence-electron chi connectivity index (χ4n) is 1.91. The average molecular weight is 318 g/mol. The summed E-state index contributed by atoms with van der Waals surface area (Å²) in [6, 6.07) is 13.0. The number of nitrogens with zero attached hydrogens (tertiary/aromatic N) is 4. The summed E-state index contributed by atoms with van der Waals surface area (Å²) in [5.74, 6) is -0.286. The van der Waals surface area contributed by atoms with Crippen LogP contribution in [0.25, 0.3) is 11.3 Å². The van der Waals surface area contributed by atoms with Crippen molar-refractivity contribution in [1.29, 1.82) is 0 Å². The first-order valence-electron chi connectivity index (χ1n) is 6.56. The molecule has 0 spiro atoms. The zero-order chi connectivity index (χ0) is 15.4. The number of tetrazole rings is 1. The number of hydrogen-bond donors (Lipinski definition) is 3. The quantitative estimate of drug-likeness (QED) is 0.509. The summed E-state index contributed by atoms with van der Waals surface area (Å²) in [5.41, 5.74) is 2.92. The third kappa shape index (κ3) is 4.13. The van der Waals surface area contributed by atoms with Crippen LogP contribution in [0.1, 0.15) is 10.5 Å². The molecule has 0 saturated carbocycles. The summed E-state index contributed by atoms with van der Waals surface area (Å²) in [6.07, 6.45) is 0. The Hall–Kier alpha value is -2.29. The van der Waals surface area contributed by atoms with Gasteiger partial charge in [-0.05, 0) is 29.5 Å². The van der Waals surface area contributed by atoms with E-state index in [9.17, 15) is 4.79 Å². The van der Waals surface area contributed by atoms with Gasteiger partial charge in [-0.1, -0.05) is 23.3 Å². The van der Waals surface area contributed by atoms with E-state index in [4.69, 9.17) is 0 Å². The summed E-state index contributed by atoms with van der Waals surface area (Å²) in [4.78, 5) is 16.5. The Morgan fingerprint density at radius 3 is 2.57 bits per heavy atom. The molecule has 1 aromatic carbocycles. The van der Waals surface area contributed by atoms with Crippen LogP contribution in [0.15, 0.2) is 42.5 Å². The minimum absolute atomic E-state index is 0. The van der Waals surface area contributed by atoms with Gasteiger partial charge in [-0.15, -0.1) is 5.10 Å². The Bertz CT molecular complexity index is 774. The molecule has 0 fully saturated rings. The van der Waals surface area contributed by atoms with E-state index in [1.807, 2.05) is 37.4 Å². The van der Waals surface area contributed by atoms with Crippen LogP contribution in [-0.4, -0.2) is 38.6 Å². The normalized spacial score (nSPS) is 9.78. The number of nitrogens with one attached hydrogen (secondary N) is 3. The molecule has 1 amide bonds. The first-order chi connectivity index (χ1) is 10.8. The number of hydrogen-bond acceptors (Lipinski definition) is 6. The average Bonchev–Trinajstić information content (AvgIpc) is 3.08. The molecule has 3 rings (SSSR count). The van der Waals surface area contributed by atoms with Crippen molar-refractivity contribution >= 4 is 17.5 Å². The maximum absolute atomic E-state index is 12.1. The standard InChI is InChI=1S/C14H13N7O.Na/c1-15-10-7-5-9(6-8-10)11-3-2-4-12(16-11)13(22)17-14-18-20-21-19-14;/h2-8,15H,1H3,(H2,17,18,19,20,21,22);/q;+1. The molecule has 0 unspecified atom stereocenters. The number of aromatic amines is 1. The van der Waals surface area contributed by atoms with Gasteiger partial charge in [0.25, 0.3) is 11.9 Å². The molecule has 110 valence electrons. The number of aromatic nitrogens is 5. The van der Waals surface area contributed by atoms with E-state index in [-0.39, 0.29) is 41.2 Å². The number of pyridine rings is 1. The Labute approximate surface area is 154 Å². The van der Waals surface area contributed by atoms with Gasteiger partial charge in [-0.3, -0.25) is 10.1 Å². The summed E-state index contributed by atoms with van der Waals surface area (Å²) < 4.78 is 0. The van der Waals surface area contributed by atoms with Crippen LogP contribution in [0.5, 0.6) is 0 Å². The second-order valence-corrected chi connectivity index (χ2v) is 4.42. The monoisotopic (exact) mass is 318 g/mol. The van der Waals surface area contributed by atoms with E-state index in [1.54, 1.807) is 12.1 Å². The van der Waals surface area contributed by atoms with Crippen LogP contribution in [0.4, 0.5) is 11.6 Å². The molecule has 0 aliphatic heterocycles. The van der Waals surface area contributed by atoms with Gasteiger partial charge in [0.1, 0.15) is 5.69 Å². The number of carbonyl (C=O) groups is 1. The van der Waals surface area contributed by atoms with E-state index in [1.165, 1.54) is 0 Å². The van der Waals surface area contributed by atoms with Crippen LogP contribution in [0.2, 0.25) is 0 Å². The zero-order valence-electron chi connectivity index (χ0n) is 12.7. The topological polar surface area (TPSA) is 108 Å². The predicted octanol–water partition coefficient (Wildman–Crippen LogP) is -1.44. The summed E-state index contributed by atoms with van der Waals surface area (Å²) in [7, 11) is 1.86. The van der Waals surface area contributed by atoms with Crippen molar-refractivity contribution < 1.29 is 34.4 Å². The number of benzene rings is 1. The smallest absolute Gasteiger partial charge is 0.388 e. The number of anilines is 2. The maximum Gasteiger partial charge on any atom is 1.00 e. The Kier molecular flexibility index (Phi) is 5.80. The Morgan fingerprint density at radius 1 is 1.13 bits per heavy atom. The number of carbonyl (C=O) groups excluding carboxylic acids is 1. The Balaban J connectivity index is 0.00000192. The Morgan fingerprint density at radius 2 is 1.91 bits per heavy atom.